The molecule has 75 heavy (non-hydrogen) atoms. The first kappa shape index (κ1) is 44.7. The molecule has 0 fully saturated rings. The predicted octanol–water partition coefficient (Wildman–Crippen LogP) is 13.0. The molecule has 0 amide bonds. The van der Waals surface area contributed by atoms with Gasteiger partial charge in [-0.2, -0.15) is 0 Å². The normalized spacial score (nSPS) is 12.5. The molecule has 0 aromatic heterocycles. The molecule has 3 aliphatic carbocycles. The van der Waals surface area contributed by atoms with Crippen molar-refractivity contribution >= 4 is 68.1 Å². The van der Waals surface area contributed by atoms with E-state index in [1.807, 2.05) is 0 Å². The zero-order chi connectivity index (χ0) is 51.9. The molecule has 0 bridgehead atoms. The van der Waals surface area contributed by atoms with Gasteiger partial charge in [-0.3, -0.25) is 0 Å². The van der Waals surface area contributed by atoms with E-state index in [1.54, 1.807) is 146 Å². The molecule has 10 aromatic carbocycles. The van der Waals surface area contributed by atoms with E-state index in [1.165, 1.54) is 0 Å². The van der Waals surface area contributed by atoms with Crippen LogP contribution in [-0.4, -0.2) is 66.5 Å². The molecule has 0 aliphatic heterocycles. The Morgan fingerprint density at radius 2 is 0.333 bits per heavy atom. The Balaban J connectivity index is 1.25. The van der Waals surface area contributed by atoms with E-state index >= 15 is 0 Å². The molecular formula is C63H36O12. The van der Waals surface area contributed by atoms with E-state index < -0.39 is 35.8 Å². The molecule has 0 atom stereocenters. The lowest BCUT2D eigenvalue weighted by Gasteiger charge is -2.20. The van der Waals surface area contributed by atoms with Crippen molar-refractivity contribution in [1.82, 2.24) is 0 Å². The largest absolute Gasteiger partial charge is 0.478 e. The number of aromatic carboxylic acids is 6. The van der Waals surface area contributed by atoms with Crippen LogP contribution < -0.4 is 0 Å². The Labute approximate surface area is 424 Å². The topological polar surface area (TPSA) is 224 Å². The van der Waals surface area contributed by atoms with Gasteiger partial charge in [-0.05, 0) is 225 Å². The molecule has 360 valence electrons. The molecule has 12 nitrogen and oxygen atoms in total. The maximum atomic E-state index is 12.3. The van der Waals surface area contributed by atoms with Crippen molar-refractivity contribution in [3.8, 4) is 66.8 Å². The summed E-state index contributed by atoms with van der Waals surface area (Å²) in [6, 6.07) is 40.3. The number of hydrogen-bond donors (Lipinski definition) is 6. The Bertz CT molecular complexity index is 3550. The van der Waals surface area contributed by atoms with Crippen LogP contribution in [0.15, 0.2) is 146 Å². The quantitative estimate of drug-likeness (QED) is 0.0629. The van der Waals surface area contributed by atoms with Crippen molar-refractivity contribution < 1.29 is 59.4 Å². The van der Waals surface area contributed by atoms with Gasteiger partial charge in [0.05, 0.1) is 33.4 Å². The van der Waals surface area contributed by atoms with E-state index in [0.29, 0.717) is 19.3 Å². The van der Waals surface area contributed by atoms with E-state index in [-0.39, 0.29) is 33.4 Å². The van der Waals surface area contributed by atoms with Crippen LogP contribution in [0.1, 0.15) is 95.5 Å². The fraction of sp³-hybridized carbons (Fsp3) is 0.0476. The minimum atomic E-state index is -1.10. The minimum Gasteiger partial charge on any atom is -0.478 e. The van der Waals surface area contributed by atoms with E-state index in [9.17, 15) is 59.4 Å². The maximum Gasteiger partial charge on any atom is 0.335 e. The van der Waals surface area contributed by atoms with Gasteiger partial charge in [0.15, 0.2) is 0 Å². The lowest BCUT2D eigenvalue weighted by molar-refractivity contribution is 0.0686. The van der Waals surface area contributed by atoms with Crippen molar-refractivity contribution in [3.63, 3.8) is 0 Å². The summed E-state index contributed by atoms with van der Waals surface area (Å²) in [5.74, 6) is -6.58. The third kappa shape index (κ3) is 6.49. The van der Waals surface area contributed by atoms with Gasteiger partial charge >= 0.3 is 35.8 Å². The molecule has 0 unspecified atom stereocenters. The average molecular weight is 985 g/mol. The zero-order valence-electron chi connectivity index (χ0n) is 39.1. The molecule has 12 heteroatoms. The van der Waals surface area contributed by atoms with Crippen molar-refractivity contribution in [3.05, 3.63) is 212 Å². The second kappa shape index (κ2) is 16.2. The highest BCUT2D eigenvalue weighted by molar-refractivity contribution is 6.38. The standard InChI is InChI=1S/C63H36O12/c64-58(65)34-13-1-28(2-14-34)46-40-25-42-48(30-5-17-36(18-6-30)60(68)69)50(32-9-21-38(22-10-32)62(72)73)44-27-45-51(33-11-23-39(24-12-33)63(74)75)49(31-7-19-37(20-8-31)61(70)71)43-26-41(47(46)29-3-15-35(16-4-29)59(66)67)53-52(40)54(42)56(44)57(45)55(43)53/h1-24H,25-27H2,(H,64,65)(H,66,67)(H,68,69)(H,70,71)(H,72,73)(H,74,75). The van der Waals surface area contributed by atoms with Crippen molar-refractivity contribution in [2.24, 2.45) is 0 Å². The summed E-state index contributed by atoms with van der Waals surface area (Å²) in [6.07, 6.45) is 1.05. The molecule has 3 aliphatic rings. The summed E-state index contributed by atoms with van der Waals surface area (Å²) >= 11 is 0. The summed E-state index contributed by atoms with van der Waals surface area (Å²) in [4.78, 5) is 74.0. The predicted molar refractivity (Wildman–Crippen MR) is 282 cm³/mol. The van der Waals surface area contributed by atoms with Crippen LogP contribution in [0.3, 0.4) is 0 Å². The van der Waals surface area contributed by atoms with Gasteiger partial charge in [-0.25, -0.2) is 28.8 Å². The number of rotatable bonds is 12. The van der Waals surface area contributed by atoms with Gasteiger partial charge < -0.3 is 30.6 Å². The molecule has 0 saturated carbocycles. The van der Waals surface area contributed by atoms with E-state index in [0.717, 1.165) is 132 Å². The molecule has 0 saturated heterocycles. The first-order valence-electron chi connectivity index (χ1n) is 23.9. The summed E-state index contributed by atoms with van der Waals surface area (Å²) in [5.41, 5.74) is 15.4. The smallest absolute Gasteiger partial charge is 0.335 e. The number of carboxylic acid groups (broad SMARTS) is 6. The van der Waals surface area contributed by atoms with Crippen molar-refractivity contribution in [1.29, 1.82) is 0 Å². The van der Waals surface area contributed by atoms with E-state index in [4.69, 9.17) is 0 Å². The Morgan fingerprint density at radius 3 is 0.440 bits per heavy atom. The lowest BCUT2D eigenvalue weighted by atomic mass is 9.82. The van der Waals surface area contributed by atoms with Gasteiger partial charge in [0, 0.05) is 0 Å². The number of carbonyl (C=O) groups is 6. The number of benzene rings is 10. The van der Waals surface area contributed by atoms with Crippen LogP contribution in [-0.2, 0) is 19.3 Å². The highest BCUT2D eigenvalue weighted by Crippen LogP contribution is 2.63. The van der Waals surface area contributed by atoms with E-state index in [2.05, 4.69) is 0 Å². The first-order chi connectivity index (χ1) is 36.2. The van der Waals surface area contributed by atoms with Crippen LogP contribution in [0.5, 0.6) is 0 Å². The Morgan fingerprint density at radius 1 is 0.213 bits per heavy atom. The van der Waals surface area contributed by atoms with Gasteiger partial charge in [-0.1, -0.05) is 72.8 Å². The number of hydrogen-bond acceptors (Lipinski definition) is 6. The maximum absolute atomic E-state index is 12.3. The van der Waals surface area contributed by atoms with Crippen LogP contribution in [0.25, 0.3) is 99.1 Å². The summed E-state index contributed by atoms with van der Waals surface area (Å²) in [6.45, 7) is 0. The lowest BCUT2D eigenvalue weighted by Crippen LogP contribution is -2.01. The summed E-state index contributed by atoms with van der Waals surface area (Å²) in [7, 11) is 0. The Kier molecular flexibility index (Phi) is 9.63. The second-order valence-corrected chi connectivity index (χ2v) is 19.2. The fourth-order valence-electron chi connectivity index (χ4n) is 12.4. The number of carboxylic acids is 6. The molecule has 0 heterocycles. The zero-order valence-corrected chi connectivity index (χ0v) is 39.1. The molecule has 0 spiro atoms. The fourth-order valence-corrected chi connectivity index (χ4v) is 12.4. The Hall–Kier alpha value is -10.2. The van der Waals surface area contributed by atoms with Crippen LogP contribution in [0.2, 0.25) is 0 Å². The molecule has 6 N–H and O–H groups in total. The molecule has 0 radical (unpaired) electrons. The third-order valence-electron chi connectivity index (χ3n) is 15.5. The van der Waals surface area contributed by atoms with Crippen LogP contribution in [0.4, 0.5) is 0 Å². The highest BCUT2D eigenvalue weighted by atomic mass is 16.4. The van der Waals surface area contributed by atoms with Crippen LogP contribution in [0, 0.1) is 0 Å². The highest BCUT2D eigenvalue weighted by Gasteiger charge is 2.41. The first-order valence-corrected chi connectivity index (χ1v) is 23.9. The second-order valence-electron chi connectivity index (χ2n) is 19.2. The van der Waals surface area contributed by atoms with Gasteiger partial charge in [0.2, 0.25) is 0 Å². The monoisotopic (exact) mass is 984 g/mol. The summed E-state index contributed by atoms with van der Waals surface area (Å²) in [5, 5.41) is 66.4. The SMILES string of the molecule is O=C(O)c1ccc(-c2c(-c3ccc(C(=O)O)cc3)c3c4c5c2Cc2c(-c6ccc(C(=O)O)cc6)c(-c6ccc(C(=O)O)cc6)c6c(c25)c2c(c(-c5ccc(C(=O)O)cc5)c(-c5ccc(C(=O)O)cc5)c(c42)C3)C6)cc1. The summed E-state index contributed by atoms with van der Waals surface area (Å²) < 4.78 is 0. The van der Waals surface area contributed by atoms with Crippen LogP contribution >= 0.6 is 0 Å². The van der Waals surface area contributed by atoms with Crippen molar-refractivity contribution in [2.75, 3.05) is 0 Å². The van der Waals surface area contributed by atoms with Gasteiger partial charge in [-0.15, -0.1) is 0 Å². The molecule has 13 rings (SSSR count). The average Bonchev–Trinajstić information content (AvgIpc) is 4.25. The van der Waals surface area contributed by atoms with Gasteiger partial charge in [0.1, 0.15) is 0 Å². The third-order valence-corrected chi connectivity index (χ3v) is 15.5. The molecular weight excluding hydrogens is 949 g/mol. The van der Waals surface area contributed by atoms with Gasteiger partial charge in [0.25, 0.3) is 0 Å². The molecule has 10 aromatic rings. The minimum absolute atomic E-state index is 0.0869. The van der Waals surface area contributed by atoms with Crippen molar-refractivity contribution in [2.45, 2.75) is 19.3 Å².